The van der Waals surface area contributed by atoms with E-state index in [2.05, 4.69) is 0 Å². The molecule has 0 atom stereocenters. The van der Waals surface area contributed by atoms with Crippen LogP contribution in [-0.4, -0.2) is 6.54 Å². The van der Waals surface area contributed by atoms with E-state index in [0.29, 0.717) is 19.4 Å². The van der Waals surface area contributed by atoms with Crippen molar-refractivity contribution in [3.63, 3.8) is 0 Å². The van der Waals surface area contributed by atoms with Crippen molar-refractivity contribution >= 4 is 0 Å². The monoisotopic (exact) mass is 293 g/mol. The lowest BCUT2D eigenvalue weighted by atomic mass is 9.96. The molecule has 0 aliphatic carbocycles. The van der Waals surface area contributed by atoms with Crippen molar-refractivity contribution in [2.24, 2.45) is 5.73 Å². The minimum absolute atomic E-state index is 0.0196. The molecule has 0 aliphatic heterocycles. The summed E-state index contributed by atoms with van der Waals surface area (Å²) in [5.74, 6) is -5.97. The maximum absolute atomic E-state index is 14.0. The quantitative estimate of drug-likeness (QED) is 0.363. The molecular weight excluding hydrogens is 270 g/mol. The van der Waals surface area contributed by atoms with Gasteiger partial charge in [-0.2, -0.15) is 0 Å². The molecule has 0 aliphatic rings. The summed E-state index contributed by atoms with van der Waals surface area (Å²) in [4.78, 5) is 0. The Morgan fingerprint density at radius 1 is 0.850 bits per heavy atom. The Labute approximate surface area is 118 Å². The molecular formula is C15H23F4N. The summed E-state index contributed by atoms with van der Waals surface area (Å²) in [6, 6.07) is 0. The minimum Gasteiger partial charge on any atom is -0.330 e. The van der Waals surface area contributed by atoms with Crippen LogP contribution in [0.3, 0.4) is 0 Å². The first kappa shape index (κ1) is 18.9. The smallest absolute Gasteiger partial charge is 0.195 e. The maximum Gasteiger partial charge on any atom is 0.195 e. The first-order valence-corrected chi connectivity index (χ1v) is 6.96. The molecule has 0 saturated carbocycles. The Hall–Kier alpha value is -1.10. The van der Waals surface area contributed by atoms with Crippen LogP contribution in [0, 0.1) is 23.3 Å². The van der Waals surface area contributed by atoms with E-state index in [1.165, 1.54) is 13.8 Å². The number of halogens is 4. The topological polar surface area (TPSA) is 26.0 Å². The Morgan fingerprint density at radius 2 is 1.40 bits per heavy atom. The van der Waals surface area contributed by atoms with Gasteiger partial charge >= 0.3 is 0 Å². The van der Waals surface area contributed by atoms with E-state index < -0.39 is 34.8 Å². The van der Waals surface area contributed by atoms with E-state index in [9.17, 15) is 17.6 Å². The third kappa shape index (κ3) is 4.20. The predicted molar refractivity (Wildman–Crippen MR) is 73.7 cm³/mol. The van der Waals surface area contributed by atoms with Crippen LogP contribution in [0.2, 0.25) is 0 Å². The molecule has 1 nitrogen and oxygen atoms in total. The lowest BCUT2D eigenvalue weighted by Gasteiger charge is -2.14. The molecule has 0 unspecified atom stereocenters. The van der Waals surface area contributed by atoms with Gasteiger partial charge in [0, 0.05) is 11.1 Å². The first-order chi connectivity index (χ1) is 9.41. The lowest BCUT2D eigenvalue weighted by Crippen LogP contribution is -2.10. The molecule has 0 heterocycles. The zero-order valence-electron chi connectivity index (χ0n) is 12.5. The summed E-state index contributed by atoms with van der Waals surface area (Å²) in [5.41, 5.74) is 4.50. The van der Waals surface area contributed by atoms with Gasteiger partial charge in [0.25, 0.3) is 0 Å². The van der Waals surface area contributed by atoms with Crippen molar-refractivity contribution in [2.45, 2.75) is 52.9 Å². The fourth-order valence-corrected chi connectivity index (χ4v) is 1.87. The summed E-state index contributed by atoms with van der Waals surface area (Å²) in [7, 11) is 0. The van der Waals surface area contributed by atoms with Crippen molar-refractivity contribution in [1.82, 2.24) is 0 Å². The van der Waals surface area contributed by atoms with Gasteiger partial charge in [-0.15, -0.1) is 0 Å². The average Bonchev–Trinajstić information content (AvgIpc) is 2.42. The largest absolute Gasteiger partial charge is 0.330 e. The van der Waals surface area contributed by atoms with Gasteiger partial charge in [0.2, 0.25) is 0 Å². The summed E-state index contributed by atoms with van der Waals surface area (Å²) >= 11 is 0. The second-order valence-corrected chi connectivity index (χ2v) is 4.55. The first-order valence-electron chi connectivity index (χ1n) is 6.96. The van der Waals surface area contributed by atoms with Crippen molar-refractivity contribution in [1.29, 1.82) is 0 Å². The molecule has 0 amide bonds. The van der Waals surface area contributed by atoms with Gasteiger partial charge in [-0.25, -0.2) is 17.6 Å². The molecule has 116 valence electrons. The summed E-state index contributed by atoms with van der Waals surface area (Å²) in [5, 5.41) is 0. The number of rotatable bonds is 5. The van der Waals surface area contributed by atoms with Crippen LogP contribution in [0.15, 0.2) is 0 Å². The fraction of sp³-hybridized carbons (Fsp3) is 0.600. The zero-order chi connectivity index (χ0) is 15.9. The standard InChI is InChI=1S/C13H17F4N.C2H6/c1-7(2)9-10(14)8(5-3-4-6-18)11(15)13(17)12(9)16;1-2/h7H,3-6,18H2,1-2H3;1-2H3. The van der Waals surface area contributed by atoms with Gasteiger partial charge in [-0.05, 0) is 31.7 Å². The van der Waals surface area contributed by atoms with Crippen LogP contribution in [0.4, 0.5) is 17.6 Å². The number of nitrogens with two attached hydrogens (primary N) is 1. The van der Waals surface area contributed by atoms with Crippen LogP contribution in [0.5, 0.6) is 0 Å². The van der Waals surface area contributed by atoms with Crippen molar-refractivity contribution in [3.05, 3.63) is 34.4 Å². The maximum atomic E-state index is 14.0. The molecule has 2 N–H and O–H groups in total. The average molecular weight is 293 g/mol. The van der Waals surface area contributed by atoms with Crippen LogP contribution in [0.25, 0.3) is 0 Å². The van der Waals surface area contributed by atoms with Crippen molar-refractivity contribution in [2.75, 3.05) is 6.54 Å². The Morgan fingerprint density at radius 3 is 1.85 bits per heavy atom. The minimum atomic E-state index is -1.59. The molecule has 5 heteroatoms. The highest BCUT2D eigenvalue weighted by atomic mass is 19.2. The Kier molecular flexibility index (Phi) is 8.46. The van der Waals surface area contributed by atoms with E-state index >= 15 is 0 Å². The Bertz CT molecular complexity index is 431. The summed E-state index contributed by atoms with van der Waals surface area (Å²) in [6.07, 6.45) is 1.04. The van der Waals surface area contributed by atoms with Crippen LogP contribution >= 0.6 is 0 Å². The van der Waals surface area contributed by atoms with Gasteiger partial charge in [-0.3, -0.25) is 0 Å². The van der Waals surface area contributed by atoms with Gasteiger partial charge in [0.15, 0.2) is 17.5 Å². The fourth-order valence-electron chi connectivity index (χ4n) is 1.87. The molecule has 0 bridgehead atoms. The van der Waals surface area contributed by atoms with Crippen LogP contribution < -0.4 is 5.73 Å². The van der Waals surface area contributed by atoms with Gasteiger partial charge in [-0.1, -0.05) is 27.7 Å². The summed E-state index contributed by atoms with van der Waals surface area (Å²) < 4.78 is 54.3. The van der Waals surface area contributed by atoms with E-state index in [1.807, 2.05) is 13.8 Å². The zero-order valence-corrected chi connectivity index (χ0v) is 12.5. The lowest BCUT2D eigenvalue weighted by molar-refractivity contribution is 0.409. The van der Waals surface area contributed by atoms with Gasteiger partial charge < -0.3 is 5.73 Å². The SMILES string of the molecule is CC.CC(C)c1c(F)c(F)c(F)c(CCCCN)c1F. The van der Waals surface area contributed by atoms with Gasteiger partial charge in [0.05, 0.1) is 0 Å². The number of hydrogen-bond donors (Lipinski definition) is 1. The molecule has 0 fully saturated rings. The van der Waals surface area contributed by atoms with E-state index in [1.54, 1.807) is 0 Å². The molecule has 0 saturated heterocycles. The molecule has 0 aromatic heterocycles. The van der Waals surface area contributed by atoms with E-state index in [-0.39, 0.29) is 12.0 Å². The normalized spacial score (nSPS) is 10.5. The molecule has 0 spiro atoms. The second kappa shape index (κ2) is 8.95. The number of hydrogen-bond acceptors (Lipinski definition) is 1. The van der Waals surface area contributed by atoms with E-state index in [0.717, 1.165) is 0 Å². The third-order valence-electron chi connectivity index (χ3n) is 2.85. The molecule has 20 heavy (non-hydrogen) atoms. The molecule has 1 aromatic carbocycles. The van der Waals surface area contributed by atoms with Crippen LogP contribution in [-0.2, 0) is 6.42 Å². The number of benzene rings is 1. The van der Waals surface area contributed by atoms with Crippen molar-refractivity contribution < 1.29 is 17.6 Å². The van der Waals surface area contributed by atoms with Crippen molar-refractivity contribution in [3.8, 4) is 0 Å². The van der Waals surface area contributed by atoms with E-state index in [4.69, 9.17) is 5.73 Å². The third-order valence-corrected chi connectivity index (χ3v) is 2.85. The Balaban J connectivity index is 0.00000172. The molecule has 1 rings (SSSR count). The molecule has 0 radical (unpaired) electrons. The highest BCUT2D eigenvalue weighted by molar-refractivity contribution is 5.32. The highest BCUT2D eigenvalue weighted by Gasteiger charge is 2.26. The molecule has 1 aromatic rings. The summed E-state index contributed by atoms with van der Waals surface area (Å²) in [6.45, 7) is 7.45. The predicted octanol–water partition coefficient (Wildman–Crippen LogP) is 4.67. The second-order valence-electron chi connectivity index (χ2n) is 4.55. The van der Waals surface area contributed by atoms with Gasteiger partial charge in [0.1, 0.15) is 5.82 Å². The highest BCUT2D eigenvalue weighted by Crippen LogP contribution is 2.30. The van der Waals surface area contributed by atoms with Crippen LogP contribution in [0.1, 0.15) is 57.6 Å². The number of unbranched alkanes of at least 4 members (excludes halogenated alkanes) is 1.